The summed E-state index contributed by atoms with van der Waals surface area (Å²) in [5, 5.41) is 6.44. The first kappa shape index (κ1) is 22.6. The van der Waals surface area contributed by atoms with Crippen molar-refractivity contribution in [3.05, 3.63) is 65.2 Å². The number of para-hydroxylation sites is 1. The minimum Gasteiger partial charge on any atom is -0.434 e. The number of benzene rings is 2. The van der Waals surface area contributed by atoms with E-state index in [1.54, 1.807) is 25.2 Å². The molecule has 158 valence electrons. The summed E-state index contributed by atoms with van der Waals surface area (Å²) in [7, 11) is 3.78. The van der Waals surface area contributed by atoms with Crippen molar-refractivity contribution in [3.8, 4) is 5.75 Å². The van der Waals surface area contributed by atoms with E-state index in [9.17, 15) is 8.78 Å². The van der Waals surface area contributed by atoms with Gasteiger partial charge in [-0.15, -0.1) is 0 Å². The molecule has 0 aliphatic heterocycles. The molecule has 2 aromatic rings. The summed E-state index contributed by atoms with van der Waals surface area (Å²) >= 11 is 0. The number of hydrogen-bond acceptors (Lipinski definition) is 3. The number of guanidine groups is 1. The molecule has 0 atom stereocenters. The highest BCUT2D eigenvalue weighted by atomic mass is 19.3. The summed E-state index contributed by atoms with van der Waals surface area (Å²) in [4.78, 5) is 6.51. The molecule has 2 N–H and O–H groups in total. The molecule has 0 spiro atoms. The maximum absolute atomic E-state index is 12.6. The van der Waals surface area contributed by atoms with Crippen LogP contribution in [0.25, 0.3) is 0 Å². The van der Waals surface area contributed by atoms with Crippen LogP contribution in [0.2, 0.25) is 0 Å². The van der Waals surface area contributed by atoms with E-state index in [1.165, 1.54) is 17.2 Å². The zero-order valence-electron chi connectivity index (χ0n) is 17.5. The molecule has 2 aromatic carbocycles. The number of nitrogens with one attached hydrogen (secondary N) is 2. The normalized spacial score (nSPS) is 12.0. The monoisotopic (exact) mass is 404 g/mol. The van der Waals surface area contributed by atoms with Gasteiger partial charge in [0.2, 0.25) is 0 Å². The molecule has 0 bridgehead atoms. The SMILES string of the molecule is CN=C(NCc1ccccc1CN(C)C(C)C)NCc1ccccc1OC(F)F. The van der Waals surface area contributed by atoms with Crippen molar-refractivity contribution in [1.29, 1.82) is 0 Å². The summed E-state index contributed by atoms with van der Waals surface area (Å²) in [6, 6.07) is 15.5. The van der Waals surface area contributed by atoms with Gasteiger partial charge < -0.3 is 15.4 Å². The van der Waals surface area contributed by atoms with Crippen LogP contribution < -0.4 is 15.4 Å². The van der Waals surface area contributed by atoms with Crippen molar-refractivity contribution in [2.45, 2.75) is 46.1 Å². The lowest BCUT2D eigenvalue weighted by molar-refractivity contribution is -0.0504. The van der Waals surface area contributed by atoms with E-state index in [0.717, 1.165) is 6.54 Å². The third-order valence-corrected chi connectivity index (χ3v) is 4.72. The molecule has 0 aliphatic carbocycles. The third kappa shape index (κ3) is 7.34. The predicted molar refractivity (Wildman–Crippen MR) is 113 cm³/mol. The van der Waals surface area contributed by atoms with Gasteiger partial charge in [-0.1, -0.05) is 42.5 Å². The Balaban J connectivity index is 1.97. The second-order valence-corrected chi connectivity index (χ2v) is 7.04. The second kappa shape index (κ2) is 11.4. The highest BCUT2D eigenvalue weighted by Gasteiger charge is 2.11. The molecule has 2 rings (SSSR count). The minimum atomic E-state index is -2.85. The first-order valence-corrected chi connectivity index (χ1v) is 9.65. The fraction of sp³-hybridized carbons (Fsp3) is 0.409. The smallest absolute Gasteiger partial charge is 0.387 e. The maximum atomic E-state index is 12.6. The van der Waals surface area contributed by atoms with E-state index in [-0.39, 0.29) is 5.75 Å². The Morgan fingerprint density at radius 1 is 0.966 bits per heavy atom. The number of halogens is 2. The Morgan fingerprint density at radius 2 is 1.52 bits per heavy atom. The van der Waals surface area contributed by atoms with Gasteiger partial charge in [-0.25, -0.2) is 0 Å². The summed E-state index contributed by atoms with van der Waals surface area (Å²) < 4.78 is 29.7. The van der Waals surface area contributed by atoms with Crippen molar-refractivity contribution < 1.29 is 13.5 Å². The molecule has 0 aromatic heterocycles. The number of ether oxygens (including phenoxy) is 1. The van der Waals surface area contributed by atoms with E-state index in [0.29, 0.717) is 30.7 Å². The summed E-state index contributed by atoms with van der Waals surface area (Å²) in [5.74, 6) is 0.747. The Labute approximate surface area is 171 Å². The lowest BCUT2D eigenvalue weighted by Crippen LogP contribution is -2.36. The number of alkyl halides is 2. The zero-order chi connectivity index (χ0) is 21.2. The summed E-state index contributed by atoms with van der Waals surface area (Å²) in [6.45, 7) is 3.27. The van der Waals surface area contributed by atoms with Crippen molar-refractivity contribution in [3.63, 3.8) is 0 Å². The fourth-order valence-corrected chi connectivity index (χ4v) is 2.77. The van der Waals surface area contributed by atoms with Gasteiger partial charge in [0, 0.05) is 38.3 Å². The first-order chi connectivity index (χ1) is 13.9. The maximum Gasteiger partial charge on any atom is 0.387 e. The van der Waals surface area contributed by atoms with Gasteiger partial charge in [-0.2, -0.15) is 8.78 Å². The number of rotatable bonds is 9. The van der Waals surface area contributed by atoms with Crippen LogP contribution in [-0.2, 0) is 19.6 Å². The average molecular weight is 405 g/mol. The standard InChI is InChI=1S/C22H30F2N4O/c1-16(2)28(4)15-19-11-6-5-9-17(19)13-26-22(25-3)27-14-18-10-7-8-12-20(18)29-21(23)24/h5-12,16,21H,13-15H2,1-4H3,(H2,25,26,27). The van der Waals surface area contributed by atoms with E-state index < -0.39 is 6.61 Å². The number of nitrogens with zero attached hydrogens (tertiary/aromatic N) is 2. The molecule has 0 heterocycles. The molecule has 0 fully saturated rings. The van der Waals surface area contributed by atoms with Gasteiger partial charge in [-0.05, 0) is 38.1 Å². The van der Waals surface area contributed by atoms with Gasteiger partial charge >= 0.3 is 6.61 Å². The van der Waals surface area contributed by atoms with E-state index in [4.69, 9.17) is 0 Å². The van der Waals surface area contributed by atoms with Gasteiger partial charge in [0.15, 0.2) is 5.96 Å². The van der Waals surface area contributed by atoms with Crippen molar-refractivity contribution >= 4 is 5.96 Å². The lowest BCUT2D eigenvalue weighted by Gasteiger charge is -2.23. The molecule has 0 saturated heterocycles. The van der Waals surface area contributed by atoms with Gasteiger partial charge in [-0.3, -0.25) is 9.89 Å². The number of hydrogen-bond donors (Lipinski definition) is 2. The Hall–Kier alpha value is -2.67. The predicted octanol–water partition coefficient (Wildman–Crippen LogP) is 3.99. The first-order valence-electron chi connectivity index (χ1n) is 9.65. The van der Waals surface area contributed by atoms with E-state index in [2.05, 4.69) is 58.3 Å². The Morgan fingerprint density at radius 3 is 2.10 bits per heavy atom. The number of aliphatic imine (C=N–C) groups is 1. The molecule has 5 nitrogen and oxygen atoms in total. The van der Waals surface area contributed by atoms with Crippen LogP contribution in [0, 0.1) is 0 Å². The summed E-state index contributed by atoms with van der Waals surface area (Å²) in [6.07, 6.45) is 0. The minimum absolute atomic E-state index is 0.160. The highest BCUT2D eigenvalue weighted by Crippen LogP contribution is 2.20. The molecule has 29 heavy (non-hydrogen) atoms. The molecule has 0 amide bonds. The van der Waals surface area contributed by atoms with Crippen molar-refractivity contribution in [2.24, 2.45) is 4.99 Å². The largest absolute Gasteiger partial charge is 0.434 e. The van der Waals surface area contributed by atoms with Gasteiger partial charge in [0.1, 0.15) is 5.75 Å². The van der Waals surface area contributed by atoms with Crippen LogP contribution in [0.3, 0.4) is 0 Å². The zero-order valence-corrected chi connectivity index (χ0v) is 17.5. The lowest BCUT2D eigenvalue weighted by atomic mass is 10.1. The van der Waals surface area contributed by atoms with Gasteiger partial charge in [0.25, 0.3) is 0 Å². The topological polar surface area (TPSA) is 48.9 Å². The third-order valence-electron chi connectivity index (χ3n) is 4.72. The Bertz CT molecular complexity index is 796. The molecule has 0 saturated carbocycles. The van der Waals surface area contributed by atoms with Crippen LogP contribution in [-0.4, -0.2) is 37.6 Å². The van der Waals surface area contributed by atoms with E-state index >= 15 is 0 Å². The van der Waals surface area contributed by atoms with Gasteiger partial charge in [0.05, 0.1) is 0 Å². The van der Waals surface area contributed by atoms with Crippen molar-refractivity contribution in [1.82, 2.24) is 15.5 Å². The molecule has 7 heteroatoms. The second-order valence-electron chi connectivity index (χ2n) is 7.04. The average Bonchev–Trinajstić information content (AvgIpc) is 2.69. The van der Waals surface area contributed by atoms with Crippen LogP contribution >= 0.6 is 0 Å². The molecular formula is C22H30F2N4O. The molecule has 0 unspecified atom stereocenters. The van der Waals surface area contributed by atoms with Crippen LogP contribution in [0.5, 0.6) is 5.75 Å². The van der Waals surface area contributed by atoms with Crippen molar-refractivity contribution in [2.75, 3.05) is 14.1 Å². The molecular weight excluding hydrogens is 374 g/mol. The van der Waals surface area contributed by atoms with E-state index in [1.807, 2.05) is 12.1 Å². The van der Waals surface area contributed by atoms with Crippen LogP contribution in [0.15, 0.2) is 53.5 Å². The Kier molecular flexibility index (Phi) is 8.86. The fourth-order valence-electron chi connectivity index (χ4n) is 2.77. The molecule has 0 radical (unpaired) electrons. The van der Waals surface area contributed by atoms with Crippen LogP contribution in [0.1, 0.15) is 30.5 Å². The molecule has 0 aliphatic rings. The summed E-state index contributed by atoms with van der Waals surface area (Å²) in [5.41, 5.74) is 3.07. The van der Waals surface area contributed by atoms with Crippen LogP contribution in [0.4, 0.5) is 8.78 Å². The highest BCUT2D eigenvalue weighted by molar-refractivity contribution is 5.79. The quantitative estimate of drug-likeness (QED) is 0.490.